The molecule has 1 N–H and O–H groups in total. The van der Waals surface area contributed by atoms with Crippen LogP contribution < -0.4 is 4.74 Å². The van der Waals surface area contributed by atoms with Crippen LogP contribution in [0.4, 0.5) is 0 Å². The van der Waals surface area contributed by atoms with Gasteiger partial charge in [-0.25, -0.2) is 0 Å². The number of hydrogen-bond donors (Lipinski definition) is 1. The standard InChI is InChI=1S/C13H20O2/c1-4-12(14)9-15-13-7-5-6-11(8-13)10(2)3/h5-8,10,12,14H,4,9H2,1-3H3/t12-/m1/s1. The van der Waals surface area contributed by atoms with Gasteiger partial charge in [0.1, 0.15) is 12.4 Å². The first-order chi connectivity index (χ1) is 7.13. The molecule has 1 aromatic rings. The number of rotatable bonds is 5. The van der Waals surface area contributed by atoms with Gasteiger partial charge in [-0.3, -0.25) is 0 Å². The Morgan fingerprint density at radius 1 is 1.33 bits per heavy atom. The second-order valence-electron chi connectivity index (χ2n) is 4.10. The minimum atomic E-state index is -0.368. The van der Waals surface area contributed by atoms with Gasteiger partial charge < -0.3 is 9.84 Å². The summed E-state index contributed by atoms with van der Waals surface area (Å²) in [5.41, 5.74) is 1.26. The molecule has 0 aliphatic carbocycles. The molecule has 0 heterocycles. The summed E-state index contributed by atoms with van der Waals surface area (Å²) in [6, 6.07) is 8.04. The fourth-order valence-corrected chi connectivity index (χ4v) is 1.27. The maximum Gasteiger partial charge on any atom is 0.119 e. The van der Waals surface area contributed by atoms with Crippen LogP contribution in [0, 0.1) is 0 Å². The lowest BCUT2D eigenvalue weighted by Crippen LogP contribution is -2.16. The number of ether oxygens (including phenoxy) is 1. The third-order valence-corrected chi connectivity index (χ3v) is 2.44. The van der Waals surface area contributed by atoms with E-state index in [1.54, 1.807) is 0 Å². The molecule has 0 spiro atoms. The predicted molar refractivity (Wildman–Crippen MR) is 62.3 cm³/mol. The lowest BCUT2D eigenvalue weighted by atomic mass is 10.0. The van der Waals surface area contributed by atoms with E-state index in [9.17, 15) is 5.11 Å². The van der Waals surface area contributed by atoms with Crippen molar-refractivity contribution in [1.82, 2.24) is 0 Å². The summed E-state index contributed by atoms with van der Waals surface area (Å²) in [6.45, 7) is 6.62. The molecule has 0 aliphatic heterocycles. The molecule has 15 heavy (non-hydrogen) atoms. The van der Waals surface area contributed by atoms with E-state index >= 15 is 0 Å². The maximum atomic E-state index is 9.37. The molecule has 1 rings (SSSR count). The SMILES string of the molecule is CC[C@@H](O)COc1cccc(C(C)C)c1. The van der Waals surface area contributed by atoms with E-state index in [2.05, 4.69) is 19.9 Å². The third kappa shape index (κ3) is 3.92. The molecule has 1 atom stereocenters. The van der Waals surface area contributed by atoms with E-state index in [0.717, 1.165) is 12.2 Å². The Balaban J connectivity index is 2.58. The minimum absolute atomic E-state index is 0.368. The highest BCUT2D eigenvalue weighted by molar-refractivity contribution is 5.30. The zero-order valence-corrected chi connectivity index (χ0v) is 9.73. The van der Waals surface area contributed by atoms with Crippen molar-refractivity contribution in [1.29, 1.82) is 0 Å². The van der Waals surface area contributed by atoms with Crippen LogP contribution in [0.3, 0.4) is 0 Å². The summed E-state index contributed by atoms with van der Waals surface area (Å²) in [4.78, 5) is 0. The van der Waals surface area contributed by atoms with Crippen molar-refractivity contribution in [2.75, 3.05) is 6.61 Å². The molecule has 84 valence electrons. The fraction of sp³-hybridized carbons (Fsp3) is 0.538. The predicted octanol–water partition coefficient (Wildman–Crippen LogP) is 2.96. The first-order valence-corrected chi connectivity index (χ1v) is 5.54. The Bertz CT molecular complexity index is 294. The van der Waals surface area contributed by atoms with Gasteiger partial charge >= 0.3 is 0 Å². The lowest BCUT2D eigenvalue weighted by Gasteiger charge is -2.12. The first-order valence-electron chi connectivity index (χ1n) is 5.54. The van der Waals surface area contributed by atoms with Crippen LogP contribution in [0.5, 0.6) is 5.75 Å². The second kappa shape index (κ2) is 5.76. The van der Waals surface area contributed by atoms with E-state index < -0.39 is 0 Å². The highest BCUT2D eigenvalue weighted by Crippen LogP contribution is 2.20. The van der Waals surface area contributed by atoms with Crippen LogP contribution in [-0.2, 0) is 0 Å². The smallest absolute Gasteiger partial charge is 0.119 e. The van der Waals surface area contributed by atoms with Gasteiger partial charge in [-0.15, -0.1) is 0 Å². The van der Waals surface area contributed by atoms with Crippen LogP contribution in [0.2, 0.25) is 0 Å². The van der Waals surface area contributed by atoms with Crippen LogP contribution in [-0.4, -0.2) is 17.8 Å². The molecule has 1 aromatic carbocycles. The van der Waals surface area contributed by atoms with Crippen LogP contribution >= 0.6 is 0 Å². The Kier molecular flexibility index (Phi) is 4.63. The minimum Gasteiger partial charge on any atom is -0.491 e. The molecule has 0 saturated carbocycles. The molecule has 2 heteroatoms. The summed E-state index contributed by atoms with van der Waals surface area (Å²) < 4.78 is 5.50. The molecular weight excluding hydrogens is 188 g/mol. The van der Waals surface area contributed by atoms with Crippen molar-refractivity contribution in [3.63, 3.8) is 0 Å². The molecule has 2 nitrogen and oxygen atoms in total. The third-order valence-electron chi connectivity index (χ3n) is 2.44. The number of aliphatic hydroxyl groups excluding tert-OH is 1. The Morgan fingerprint density at radius 3 is 2.67 bits per heavy atom. The van der Waals surface area contributed by atoms with Crippen LogP contribution in [0.25, 0.3) is 0 Å². The topological polar surface area (TPSA) is 29.5 Å². The van der Waals surface area contributed by atoms with Gasteiger partial charge in [0, 0.05) is 0 Å². The van der Waals surface area contributed by atoms with Crippen LogP contribution in [0.15, 0.2) is 24.3 Å². The molecule has 0 saturated heterocycles. The molecule has 0 fully saturated rings. The molecule has 0 unspecified atom stereocenters. The summed E-state index contributed by atoms with van der Waals surface area (Å²) in [7, 11) is 0. The second-order valence-corrected chi connectivity index (χ2v) is 4.10. The first kappa shape index (κ1) is 12.1. The monoisotopic (exact) mass is 208 g/mol. The molecule has 0 aromatic heterocycles. The quantitative estimate of drug-likeness (QED) is 0.806. The summed E-state index contributed by atoms with van der Waals surface area (Å²) in [6.07, 6.45) is 0.358. The van der Waals surface area contributed by atoms with Crippen molar-refractivity contribution in [3.8, 4) is 5.75 Å². The Hall–Kier alpha value is -1.02. The zero-order chi connectivity index (χ0) is 11.3. The molecular formula is C13H20O2. The highest BCUT2D eigenvalue weighted by atomic mass is 16.5. The number of hydrogen-bond acceptors (Lipinski definition) is 2. The van der Waals surface area contributed by atoms with Crippen molar-refractivity contribution >= 4 is 0 Å². The number of aliphatic hydroxyl groups is 1. The molecule has 0 bridgehead atoms. The molecule has 0 aliphatic rings. The van der Waals surface area contributed by atoms with E-state index in [-0.39, 0.29) is 6.10 Å². The normalized spacial score (nSPS) is 12.9. The largest absolute Gasteiger partial charge is 0.491 e. The average Bonchev–Trinajstić information content (AvgIpc) is 2.26. The van der Waals surface area contributed by atoms with Crippen LogP contribution in [0.1, 0.15) is 38.7 Å². The van der Waals surface area contributed by atoms with Crippen molar-refractivity contribution in [2.45, 2.75) is 39.2 Å². The maximum absolute atomic E-state index is 9.37. The van der Waals surface area contributed by atoms with Crippen molar-refractivity contribution in [2.24, 2.45) is 0 Å². The van der Waals surface area contributed by atoms with Crippen molar-refractivity contribution in [3.05, 3.63) is 29.8 Å². The van der Waals surface area contributed by atoms with Gasteiger partial charge in [-0.1, -0.05) is 32.9 Å². The lowest BCUT2D eigenvalue weighted by molar-refractivity contribution is 0.104. The van der Waals surface area contributed by atoms with Crippen molar-refractivity contribution < 1.29 is 9.84 Å². The van der Waals surface area contributed by atoms with Gasteiger partial charge in [0.25, 0.3) is 0 Å². The molecule has 0 radical (unpaired) electrons. The molecule has 0 amide bonds. The fourth-order valence-electron chi connectivity index (χ4n) is 1.27. The van der Waals surface area contributed by atoms with E-state index in [1.807, 2.05) is 25.1 Å². The number of benzene rings is 1. The summed E-state index contributed by atoms with van der Waals surface area (Å²) >= 11 is 0. The van der Waals surface area contributed by atoms with E-state index in [4.69, 9.17) is 4.74 Å². The highest BCUT2D eigenvalue weighted by Gasteiger charge is 2.03. The zero-order valence-electron chi connectivity index (χ0n) is 9.73. The van der Waals surface area contributed by atoms with E-state index in [0.29, 0.717) is 12.5 Å². The average molecular weight is 208 g/mol. The van der Waals surface area contributed by atoms with Gasteiger partial charge in [0.05, 0.1) is 6.10 Å². The van der Waals surface area contributed by atoms with Gasteiger partial charge in [-0.05, 0) is 30.0 Å². The van der Waals surface area contributed by atoms with Gasteiger partial charge in [0.2, 0.25) is 0 Å². The van der Waals surface area contributed by atoms with E-state index in [1.165, 1.54) is 5.56 Å². The summed E-state index contributed by atoms with van der Waals surface area (Å²) in [5, 5.41) is 9.37. The Labute approximate surface area is 91.9 Å². The summed E-state index contributed by atoms with van der Waals surface area (Å²) in [5.74, 6) is 1.35. The van der Waals surface area contributed by atoms with Gasteiger partial charge in [0.15, 0.2) is 0 Å². The van der Waals surface area contributed by atoms with Gasteiger partial charge in [-0.2, -0.15) is 0 Å². The Morgan fingerprint density at radius 2 is 2.07 bits per heavy atom.